The number of benzene rings is 2. The van der Waals surface area contributed by atoms with Crippen molar-refractivity contribution < 1.29 is 19.7 Å². The lowest BCUT2D eigenvalue weighted by molar-refractivity contribution is 0.0841. The molecule has 9 heteroatoms. The van der Waals surface area contributed by atoms with Gasteiger partial charge in [-0.15, -0.1) is 0 Å². The standard InChI is InChI=1S/C23H27N5O4/c1-32-18-6-3-5-17(10-18)26-22-21-15(4-2-7-20(21)24-14-25-22)11-28-9-8-19(27-23(30)31)16(12-28)13-29/h2-7,10,14,16,19,27,29H,8-9,11-13H2,1H3,(H,30,31)(H,24,25,26)/t16-,19+/m0/s1. The van der Waals surface area contributed by atoms with Gasteiger partial charge in [0.1, 0.15) is 17.9 Å². The van der Waals surface area contributed by atoms with Gasteiger partial charge in [0, 0.05) is 55.3 Å². The number of methoxy groups -OCH3 is 1. The molecule has 1 amide bonds. The predicted molar refractivity (Wildman–Crippen MR) is 121 cm³/mol. The Morgan fingerprint density at radius 2 is 2.09 bits per heavy atom. The second-order valence-electron chi connectivity index (χ2n) is 7.91. The predicted octanol–water partition coefficient (Wildman–Crippen LogP) is 2.83. The number of fused-ring (bicyclic) bond motifs is 1. The summed E-state index contributed by atoms with van der Waals surface area (Å²) in [4.78, 5) is 22.2. The number of aliphatic hydroxyl groups is 1. The van der Waals surface area contributed by atoms with Gasteiger partial charge in [-0.2, -0.15) is 0 Å². The van der Waals surface area contributed by atoms with Gasteiger partial charge in [-0.3, -0.25) is 4.90 Å². The van der Waals surface area contributed by atoms with Crippen LogP contribution >= 0.6 is 0 Å². The van der Waals surface area contributed by atoms with Crippen LogP contribution in [0.3, 0.4) is 0 Å². The Morgan fingerprint density at radius 1 is 1.25 bits per heavy atom. The zero-order valence-electron chi connectivity index (χ0n) is 17.9. The average molecular weight is 438 g/mol. The Labute approximate surface area is 186 Å². The van der Waals surface area contributed by atoms with Crippen molar-refractivity contribution in [2.24, 2.45) is 5.92 Å². The molecule has 2 aromatic carbocycles. The zero-order valence-corrected chi connectivity index (χ0v) is 17.9. The fourth-order valence-electron chi connectivity index (χ4n) is 4.27. The van der Waals surface area contributed by atoms with Crippen LogP contribution in [0.1, 0.15) is 12.0 Å². The molecule has 4 rings (SSSR count). The third kappa shape index (κ3) is 4.90. The smallest absolute Gasteiger partial charge is 0.404 e. The number of anilines is 2. The van der Waals surface area contributed by atoms with E-state index in [-0.39, 0.29) is 18.6 Å². The van der Waals surface area contributed by atoms with E-state index < -0.39 is 6.09 Å². The lowest BCUT2D eigenvalue weighted by Crippen LogP contribution is -2.51. The van der Waals surface area contributed by atoms with E-state index >= 15 is 0 Å². The SMILES string of the molecule is COc1cccc(Nc2ncnc3cccc(CN4CC[C@@H](NC(=O)O)[C@H](CO)C4)c23)c1. The number of likely N-dealkylation sites (tertiary alicyclic amines) is 1. The van der Waals surface area contributed by atoms with Gasteiger partial charge in [0.05, 0.1) is 12.6 Å². The lowest BCUT2D eigenvalue weighted by Gasteiger charge is -2.37. The fraction of sp³-hybridized carbons (Fsp3) is 0.348. The molecular weight excluding hydrogens is 410 g/mol. The van der Waals surface area contributed by atoms with E-state index in [0.717, 1.165) is 34.4 Å². The number of nitrogens with one attached hydrogen (secondary N) is 2. The van der Waals surface area contributed by atoms with E-state index in [1.54, 1.807) is 13.4 Å². The summed E-state index contributed by atoms with van der Waals surface area (Å²) in [5.41, 5.74) is 2.76. The number of ether oxygens (including phenoxy) is 1. The molecule has 168 valence electrons. The van der Waals surface area contributed by atoms with Crippen LogP contribution in [0.2, 0.25) is 0 Å². The van der Waals surface area contributed by atoms with Crippen LogP contribution in [0.5, 0.6) is 5.75 Å². The molecule has 1 fully saturated rings. The second kappa shape index (κ2) is 9.80. The summed E-state index contributed by atoms with van der Waals surface area (Å²) >= 11 is 0. The van der Waals surface area contributed by atoms with E-state index in [0.29, 0.717) is 25.3 Å². The molecule has 0 aliphatic carbocycles. The maximum atomic E-state index is 11.0. The topological polar surface area (TPSA) is 120 Å². The molecule has 2 heterocycles. The summed E-state index contributed by atoms with van der Waals surface area (Å²) < 4.78 is 5.32. The molecule has 0 saturated carbocycles. The molecule has 32 heavy (non-hydrogen) atoms. The van der Waals surface area contributed by atoms with Crippen molar-refractivity contribution in [2.45, 2.75) is 19.0 Å². The monoisotopic (exact) mass is 437 g/mol. The van der Waals surface area contributed by atoms with Crippen LogP contribution in [0, 0.1) is 5.92 Å². The summed E-state index contributed by atoms with van der Waals surface area (Å²) in [7, 11) is 1.63. The van der Waals surface area contributed by atoms with Crippen molar-refractivity contribution in [2.75, 3.05) is 32.1 Å². The molecule has 9 nitrogen and oxygen atoms in total. The highest BCUT2D eigenvalue weighted by atomic mass is 16.5. The molecule has 2 atom stereocenters. The minimum absolute atomic E-state index is 0.0667. The first-order valence-electron chi connectivity index (χ1n) is 10.5. The Morgan fingerprint density at radius 3 is 2.88 bits per heavy atom. The van der Waals surface area contributed by atoms with E-state index in [4.69, 9.17) is 9.84 Å². The van der Waals surface area contributed by atoms with Crippen molar-refractivity contribution in [3.05, 3.63) is 54.4 Å². The lowest BCUT2D eigenvalue weighted by atomic mass is 9.92. The summed E-state index contributed by atoms with van der Waals surface area (Å²) in [5, 5.41) is 25.7. The molecule has 1 aliphatic rings. The Kier molecular flexibility index (Phi) is 6.67. The molecule has 4 N–H and O–H groups in total. The molecule has 0 spiro atoms. The molecular formula is C23H27N5O4. The summed E-state index contributed by atoms with van der Waals surface area (Å²) in [6.45, 7) is 1.91. The fourth-order valence-corrected chi connectivity index (χ4v) is 4.27. The summed E-state index contributed by atoms with van der Waals surface area (Å²) in [6.07, 6.45) is 1.13. The molecule has 1 aromatic heterocycles. The third-order valence-corrected chi connectivity index (χ3v) is 5.84. The highest BCUT2D eigenvalue weighted by Crippen LogP contribution is 2.29. The van der Waals surface area contributed by atoms with Crippen LogP contribution in [0.25, 0.3) is 10.9 Å². The van der Waals surface area contributed by atoms with Crippen LogP contribution in [-0.2, 0) is 6.54 Å². The second-order valence-corrected chi connectivity index (χ2v) is 7.91. The third-order valence-electron chi connectivity index (χ3n) is 5.84. The quantitative estimate of drug-likeness (QED) is 0.445. The number of carboxylic acid groups (broad SMARTS) is 1. The number of hydrogen-bond acceptors (Lipinski definition) is 7. The minimum atomic E-state index is -1.05. The number of piperidine rings is 1. The van der Waals surface area contributed by atoms with Gasteiger partial charge in [-0.1, -0.05) is 18.2 Å². The zero-order chi connectivity index (χ0) is 22.5. The highest BCUT2D eigenvalue weighted by Gasteiger charge is 2.30. The van der Waals surface area contributed by atoms with Crippen molar-refractivity contribution in [1.29, 1.82) is 0 Å². The van der Waals surface area contributed by atoms with Gasteiger partial charge >= 0.3 is 6.09 Å². The van der Waals surface area contributed by atoms with Crippen LogP contribution in [0.4, 0.5) is 16.3 Å². The van der Waals surface area contributed by atoms with Crippen LogP contribution in [0.15, 0.2) is 48.8 Å². The van der Waals surface area contributed by atoms with Crippen molar-refractivity contribution >= 4 is 28.5 Å². The van der Waals surface area contributed by atoms with Crippen molar-refractivity contribution in [3.8, 4) is 5.75 Å². The molecule has 0 bridgehead atoms. The number of aliphatic hydroxyl groups excluding tert-OH is 1. The van der Waals surface area contributed by atoms with Gasteiger partial charge in [0.2, 0.25) is 0 Å². The first-order chi connectivity index (χ1) is 15.6. The van der Waals surface area contributed by atoms with E-state index in [9.17, 15) is 9.90 Å². The van der Waals surface area contributed by atoms with Gasteiger partial charge < -0.3 is 25.6 Å². The number of aromatic nitrogens is 2. The highest BCUT2D eigenvalue weighted by molar-refractivity contribution is 5.93. The normalized spacial score (nSPS) is 18.9. The Bertz CT molecular complexity index is 1090. The number of carbonyl (C=O) groups is 1. The van der Waals surface area contributed by atoms with Gasteiger partial charge in [-0.05, 0) is 30.2 Å². The molecule has 1 aliphatic heterocycles. The molecule has 0 radical (unpaired) electrons. The van der Waals surface area contributed by atoms with Crippen molar-refractivity contribution in [3.63, 3.8) is 0 Å². The number of amides is 1. The average Bonchev–Trinajstić information content (AvgIpc) is 2.80. The maximum absolute atomic E-state index is 11.0. The van der Waals surface area contributed by atoms with Crippen LogP contribution < -0.4 is 15.4 Å². The minimum Gasteiger partial charge on any atom is -0.497 e. The first-order valence-corrected chi connectivity index (χ1v) is 10.5. The van der Waals surface area contributed by atoms with E-state index in [2.05, 4.69) is 31.6 Å². The van der Waals surface area contributed by atoms with E-state index in [1.807, 2.05) is 36.4 Å². The first kappa shape index (κ1) is 21.8. The Balaban J connectivity index is 1.59. The molecule has 3 aromatic rings. The largest absolute Gasteiger partial charge is 0.497 e. The van der Waals surface area contributed by atoms with Crippen molar-refractivity contribution in [1.82, 2.24) is 20.2 Å². The van der Waals surface area contributed by atoms with Crippen LogP contribution in [-0.4, -0.2) is 64.0 Å². The maximum Gasteiger partial charge on any atom is 0.404 e. The molecule has 0 unspecified atom stereocenters. The number of nitrogens with zero attached hydrogens (tertiary/aromatic N) is 3. The summed E-state index contributed by atoms with van der Waals surface area (Å²) in [6, 6.07) is 13.4. The Hall–Kier alpha value is -3.43. The van der Waals surface area contributed by atoms with Gasteiger partial charge in [0.25, 0.3) is 0 Å². The van der Waals surface area contributed by atoms with Gasteiger partial charge in [0.15, 0.2) is 0 Å². The number of rotatable bonds is 7. The van der Waals surface area contributed by atoms with E-state index in [1.165, 1.54) is 0 Å². The molecule has 1 saturated heterocycles. The van der Waals surface area contributed by atoms with Gasteiger partial charge in [-0.25, -0.2) is 14.8 Å². The number of hydrogen-bond donors (Lipinski definition) is 4. The summed E-state index contributed by atoms with van der Waals surface area (Å²) in [5.74, 6) is 1.31.